The zero-order chi connectivity index (χ0) is 13.1. The van der Waals surface area contributed by atoms with Crippen LogP contribution in [0.25, 0.3) is 0 Å². The van der Waals surface area contributed by atoms with Crippen molar-refractivity contribution in [2.24, 2.45) is 0 Å². The third kappa shape index (κ3) is 2.91. The second-order valence-electron chi connectivity index (χ2n) is 4.15. The number of benzene rings is 1. The molecule has 2 aromatic rings. The lowest BCUT2D eigenvalue weighted by atomic mass is 9.94. The number of hydrogen-bond acceptors (Lipinski definition) is 2. The van der Waals surface area contributed by atoms with E-state index >= 15 is 0 Å². The first-order chi connectivity index (χ1) is 8.59. The van der Waals surface area contributed by atoms with E-state index in [9.17, 15) is 5.11 Å². The first-order valence-corrected chi connectivity index (χ1v) is 6.80. The highest BCUT2D eigenvalue weighted by molar-refractivity contribution is 9.10. The van der Waals surface area contributed by atoms with Crippen molar-refractivity contribution in [3.05, 3.63) is 63.3 Å². The van der Waals surface area contributed by atoms with Gasteiger partial charge >= 0.3 is 0 Å². The molecule has 18 heavy (non-hydrogen) atoms. The summed E-state index contributed by atoms with van der Waals surface area (Å²) in [5.74, 6) is -0.113. The van der Waals surface area contributed by atoms with Crippen molar-refractivity contribution < 1.29 is 5.11 Å². The minimum atomic E-state index is -0.676. The van der Waals surface area contributed by atoms with Gasteiger partial charge in [0.15, 0.2) is 0 Å². The third-order valence-corrected chi connectivity index (χ3v) is 3.74. The molecule has 2 unspecified atom stereocenters. The molecule has 0 aliphatic heterocycles. The molecule has 4 heteroatoms. The SMILES string of the molecule is CC(c1ccccn1)C(O)c1cc(Br)ccc1Cl. The van der Waals surface area contributed by atoms with E-state index in [1.807, 2.05) is 37.3 Å². The molecular weight excluding hydrogens is 314 g/mol. The number of aromatic nitrogens is 1. The Kier molecular flexibility index (Phi) is 4.38. The van der Waals surface area contributed by atoms with Crippen LogP contribution in [0, 0.1) is 0 Å². The van der Waals surface area contributed by atoms with Crippen LogP contribution in [0.15, 0.2) is 47.1 Å². The van der Waals surface area contributed by atoms with Crippen molar-refractivity contribution in [1.29, 1.82) is 0 Å². The zero-order valence-corrected chi connectivity index (χ0v) is 12.2. The summed E-state index contributed by atoms with van der Waals surface area (Å²) in [4.78, 5) is 4.26. The van der Waals surface area contributed by atoms with Crippen molar-refractivity contribution in [2.75, 3.05) is 0 Å². The van der Waals surface area contributed by atoms with Gasteiger partial charge in [-0.05, 0) is 30.3 Å². The maximum atomic E-state index is 10.4. The Morgan fingerprint density at radius 1 is 1.28 bits per heavy atom. The monoisotopic (exact) mass is 325 g/mol. The maximum absolute atomic E-state index is 10.4. The Labute approximate surface area is 120 Å². The lowest BCUT2D eigenvalue weighted by Crippen LogP contribution is -2.09. The molecule has 1 aromatic heterocycles. The van der Waals surface area contributed by atoms with Crippen LogP contribution in [-0.4, -0.2) is 10.1 Å². The number of nitrogens with zero attached hydrogens (tertiary/aromatic N) is 1. The summed E-state index contributed by atoms with van der Waals surface area (Å²) >= 11 is 9.51. The first kappa shape index (κ1) is 13.5. The third-order valence-electron chi connectivity index (χ3n) is 2.90. The van der Waals surface area contributed by atoms with Gasteiger partial charge in [-0.25, -0.2) is 0 Å². The molecule has 0 aliphatic rings. The van der Waals surface area contributed by atoms with Crippen molar-refractivity contribution in [3.63, 3.8) is 0 Å². The molecule has 0 saturated carbocycles. The average Bonchev–Trinajstić information content (AvgIpc) is 2.41. The molecule has 0 saturated heterocycles. The molecule has 1 N–H and O–H groups in total. The fourth-order valence-electron chi connectivity index (χ4n) is 1.82. The molecule has 1 aromatic carbocycles. The lowest BCUT2D eigenvalue weighted by Gasteiger charge is -2.20. The minimum Gasteiger partial charge on any atom is -0.388 e. The van der Waals surface area contributed by atoms with E-state index in [4.69, 9.17) is 11.6 Å². The summed E-state index contributed by atoms with van der Waals surface area (Å²) in [6, 6.07) is 11.1. The predicted molar refractivity (Wildman–Crippen MR) is 76.8 cm³/mol. The Hall–Kier alpha value is -0.900. The number of aliphatic hydroxyl groups excluding tert-OH is 1. The summed E-state index contributed by atoms with van der Waals surface area (Å²) in [5, 5.41) is 11.0. The lowest BCUT2D eigenvalue weighted by molar-refractivity contribution is 0.150. The van der Waals surface area contributed by atoms with E-state index in [1.165, 1.54) is 0 Å². The van der Waals surface area contributed by atoms with E-state index < -0.39 is 6.10 Å². The topological polar surface area (TPSA) is 33.1 Å². The van der Waals surface area contributed by atoms with Crippen LogP contribution in [-0.2, 0) is 0 Å². The molecule has 0 aliphatic carbocycles. The summed E-state index contributed by atoms with van der Waals surface area (Å²) in [6.45, 7) is 1.93. The van der Waals surface area contributed by atoms with Crippen molar-refractivity contribution in [3.8, 4) is 0 Å². The second kappa shape index (κ2) is 5.83. The van der Waals surface area contributed by atoms with Crippen LogP contribution in [0.2, 0.25) is 5.02 Å². The number of hydrogen-bond donors (Lipinski definition) is 1. The summed E-state index contributed by atoms with van der Waals surface area (Å²) in [5.41, 5.74) is 1.56. The molecule has 0 bridgehead atoms. The Morgan fingerprint density at radius 3 is 2.72 bits per heavy atom. The molecule has 0 radical (unpaired) electrons. The van der Waals surface area contributed by atoms with Crippen LogP contribution < -0.4 is 0 Å². The van der Waals surface area contributed by atoms with Crippen molar-refractivity contribution in [1.82, 2.24) is 4.98 Å². The van der Waals surface area contributed by atoms with E-state index in [1.54, 1.807) is 12.3 Å². The first-order valence-electron chi connectivity index (χ1n) is 5.63. The van der Waals surface area contributed by atoms with E-state index in [2.05, 4.69) is 20.9 Å². The maximum Gasteiger partial charge on any atom is 0.0885 e. The quantitative estimate of drug-likeness (QED) is 0.910. The zero-order valence-electron chi connectivity index (χ0n) is 9.85. The van der Waals surface area contributed by atoms with Gasteiger partial charge in [0.1, 0.15) is 0 Å². The summed E-state index contributed by atoms with van der Waals surface area (Å²) in [7, 11) is 0. The van der Waals surface area contributed by atoms with Gasteiger partial charge in [0.05, 0.1) is 6.10 Å². The number of aliphatic hydroxyl groups is 1. The van der Waals surface area contributed by atoms with Gasteiger partial charge in [0.2, 0.25) is 0 Å². The molecule has 0 amide bonds. The highest BCUT2D eigenvalue weighted by Crippen LogP contribution is 2.34. The van der Waals surface area contributed by atoms with Gasteiger partial charge in [0, 0.05) is 32.9 Å². The molecule has 2 nitrogen and oxygen atoms in total. The van der Waals surface area contributed by atoms with Crippen LogP contribution >= 0.6 is 27.5 Å². The molecular formula is C14H13BrClNO. The number of halogens is 2. The number of pyridine rings is 1. The Bertz CT molecular complexity index is 533. The van der Waals surface area contributed by atoms with Crippen LogP contribution in [0.5, 0.6) is 0 Å². The normalized spacial score (nSPS) is 14.2. The summed E-state index contributed by atoms with van der Waals surface area (Å²) in [6.07, 6.45) is 1.05. The Morgan fingerprint density at radius 2 is 2.06 bits per heavy atom. The standard InChI is InChI=1S/C14H13BrClNO/c1-9(13-4-2-3-7-17-13)14(18)11-8-10(15)5-6-12(11)16/h2-9,14,18H,1H3. The smallest absolute Gasteiger partial charge is 0.0885 e. The fourth-order valence-corrected chi connectivity index (χ4v) is 2.43. The van der Waals surface area contributed by atoms with E-state index in [0.717, 1.165) is 10.2 Å². The van der Waals surface area contributed by atoms with Gasteiger partial charge in [-0.15, -0.1) is 0 Å². The highest BCUT2D eigenvalue weighted by Gasteiger charge is 2.21. The van der Waals surface area contributed by atoms with Gasteiger partial charge in [0.25, 0.3) is 0 Å². The van der Waals surface area contributed by atoms with Gasteiger partial charge < -0.3 is 5.11 Å². The second-order valence-corrected chi connectivity index (χ2v) is 5.48. The van der Waals surface area contributed by atoms with Crippen LogP contribution in [0.1, 0.15) is 30.2 Å². The fraction of sp³-hybridized carbons (Fsp3) is 0.214. The van der Waals surface area contributed by atoms with Crippen molar-refractivity contribution in [2.45, 2.75) is 18.9 Å². The van der Waals surface area contributed by atoms with Gasteiger partial charge in [-0.3, -0.25) is 4.98 Å². The largest absolute Gasteiger partial charge is 0.388 e. The molecule has 94 valence electrons. The average molecular weight is 327 g/mol. The molecule has 0 fully saturated rings. The Balaban J connectivity index is 2.31. The van der Waals surface area contributed by atoms with Gasteiger partial charge in [-0.2, -0.15) is 0 Å². The van der Waals surface area contributed by atoms with E-state index in [0.29, 0.717) is 10.6 Å². The molecule has 2 atom stereocenters. The molecule has 1 heterocycles. The molecule has 0 spiro atoms. The van der Waals surface area contributed by atoms with Crippen LogP contribution in [0.4, 0.5) is 0 Å². The van der Waals surface area contributed by atoms with Crippen molar-refractivity contribution >= 4 is 27.5 Å². The highest BCUT2D eigenvalue weighted by atomic mass is 79.9. The van der Waals surface area contributed by atoms with Crippen LogP contribution in [0.3, 0.4) is 0 Å². The molecule has 2 rings (SSSR count). The predicted octanol–water partition coefficient (Wildman–Crippen LogP) is 4.33. The number of rotatable bonds is 3. The minimum absolute atomic E-state index is 0.113. The van der Waals surface area contributed by atoms with E-state index in [-0.39, 0.29) is 5.92 Å². The summed E-state index contributed by atoms with van der Waals surface area (Å²) < 4.78 is 0.897. The van der Waals surface area contributed by atoms with Gasteiger partial charge in [-0.1, -0.05) is 40.5 Å².